The van der Waals surface area contributed by atoms with Crippen LogP contribution >= 0.6 is 0 Å². The lowest BCUT2D eigenvalue weighted by Gasteiger charge is -2.42. The molecule has 0 aromatic carbocycles. The first kappa shape index (κ1) is 13.0. The minimum Gasteiger partial charge on any atom is -0.329 e. The fourth-order valence-corrected chi connectivity index (χ4v) is 2.88. The maximum Gasteiger partial charge on any atom is 0.0306 e. The van der Waals surface area contributed by atoms with Crippen molar-refractivity contribution < 1.29 is 0 Å². The molecule has 0 aromatic heterocycles. The Hall–Kier alpha value is -0.0800. The van der Waals surface area contributed by atoms with Gasteiger partial charge in [0.25, 0.3) is 0 Å². The average Bonchev–Trinajstić information content (AvgIpc) is 2.17. The van der Waals surface area contributed by atoms with Crippen molar-refractivity contribution in [1.82, 2.24) is 5.32 Å². The van der Waals surface area contributed by atoms with Crippen LogP contribution in [0.15, 0.2) is 0 Å². The second-order valence-electron chi connectivity index (χ2n) is 5.86. The van der Waals surface area contributed by atoms with E-state index < -0.39 is 0 Å². The number of nitrogens with one attached hydrogen (secondary N) is 1. The largest absolute Gasteiger partial charge is 0.329 e. The third-order valence-corrected chi connectivity index (χ3v) is 3.92. The highest BCUT2D eigenvalue weighted by Gasteiger charge is 2.34. The van der Waals surface area contributed by atoms with E-state index in [1.807, 2.05) is 0 Å². The van der Waals surface area contributed by atoms with E-state index in [-0.39, 0.29) is 5.54 Å². The van der Waals surface area contributed by atoms with E-state index in [4.69, 9.17) is 5.73 Å². The van der Waals surface area contributed by atoms with E-state index in [2.05, 4.69) is 33.0 Å². The van der Waals surface area contributed by atoms with Crippen LogP contribution in [0.4, 0.5) is 0 Å². The zero-order chi connectivity index (χ0) is 11.5. The average molecular weight is 212 g/mol. The molecule has 1 fully saturated rings. The van der Waals surface area contributed by atoms with Crippen LogP contribution in [0.3, 0.4) is 0 Å². The molecule has 0 saturated heterocycles. The smallest absolute Gasteiger partial charge is 0.0306 e. The fraction of sp³-hybridized carbons (Fsp3) is 1.00. The molecular weight excluding hydrogens is 184 g/mol. The first-order valence-electron chi connectivity index (χ1n) is 6.47. The van der Waals surface area contributed by atoms with Crippen LogP contribution in [-0.2, 0) is 0 Å². The van der Waals surface area contributed by atoms with Crippen LogP contribution in [0.25, 0.3) is 0 Å². The Kier molecular flexibility index (Phi) is 4.60. The summed E-state index contributed by atoms with van der Waals surface area (Å²) in [7, 11) is 0. The Morgan fingerprint density at radius 3 is 2.07 bits per heavy atom. The monoisotopic (exact) mass is 212 g/mol. The van der Waals surface area contributed by atoms with Gasteiger partial charge in [-0.05, 0) is 37.5 Å². The molecule has 0 atom stereocenters. The Balaban J connectivity index is 2.50. The number of hydrogen-bond donors (Lipinski definition) is 2. The van der Waals surface area contributed by atoms with Crippen LogP contribution in [0.1, 0.15) is 53.4 Å². The SMILES string of the molecule is CC(C)NC1(CN)CCC(C(C)C)CC1. The molecule has 0 aromatic rings. The summed E-state index contributed by atoms with van der Waals surface area (Å²) in [6.07, 6.45) is 5.19. The number of hydrogen-bond acceptors (Lipinski definition) is 2. The van der Waals surface area contributed by atoms with Gasteiger partial charge in [0.15, 0.2) is 0 Å². The predicted molar refractivity (Wildman–Crippen MR) is 66.9 cm³/mol. The van der Waals surface area contributed by atoms with Crippen LogP contribution in [0, 0.1) is 11.8 Å². The molecule has 3 N–H and O–H groups in total. The van der Waals surface area contributed by atoms with Gasteiger partial charge in [-0.15, -0.1) is 0 Å². The molecule has 1 saturated carbocycles. The molecule has 15 heavy (non-hydrogen) atoms. The molecule has 0 aliphatic heterocycles. The van der Waals surface area contributed by atoms with E-state index >= 15 is 0 Å². The molecule has 2 heteroatoms. The summed E-state index contributed by atoms with van der Waals surface area (Å²) in [5.41, 5.74) is 6.18. The molecule has 1 rings (SSSR count). The highest BCUT2D eigenvalue weighted by atomic mass is 15.0. The lowest BCUT2D eigenvalue weighted by atomic mass is 9.72. The minimum absolute atomic E-state index is 0.236. The third-order valence-electron chi connectivity index (χ3n) is 3.92. The van der Waals surface area contributed by atoms with Crippen molar-refractivity contribution in [1.29, 1.82) is 0 Å². The molecule has 1 aliphatic carbocycles. The van der Waals surface area contributed by atoms with Crippen LogP contribution in [0.5, 0.6) is 0 Å². The van der Waals surface area contributed by atoms with Gasteiger partial charge >= 0.3 is 0 Å². The summed E-state index contributed by atoms with van der Waals surface area (Å²) < 4.78 is 0. The second-order valence-corrected chi connectivity index (χ2v) is 5.86. The third kappa shape index (κ3) is 3.46. The molecule has 90 valence electrons. The molecule has 0 unspecified atom stereocenters. The highest BCUT2D eigenvalue weighted by molar-refractivity contribution is 4.95. The molecule has 0 bridgehead atoms. The van der Waals surface area contributed by atoms with Crippen molar-refractivity contribution in [3.8, 4) is 0 Å². The van der Waals surface area contributed by atoms with Crippen LogP contribution in [-0.4, -0.2) is 18.1 Å². The van der Waals surface area contributed by atoms with Crippen molar-refractivity contribution in [3.63, 3.8) is 0 Å². The Morgan fingerprint density at radius 1 is 1.20 bits per heavy atom. The Labute approximate surface area is 95.0 Å². The maximum absolute atomic E-state index is 5.95. The maximum atomic E-state index is 5.95. The van der Waals surface area contributed by atoms with Crippen molar-refractivity contribution in [2.75, 3.05) is 6.54 Å². The van der Waals surface area contributed by atoms with Crippen molar-refractivity contribution >= 4 is 0 Å². The fourth-order valence-electron chi connectivity index (χ4n) is 2.88. The molecule has 0 heterocycles. The van der Waals surface area contributed by atoms with Crippen molar-refractivity contribution in [2.45, 2.75) is 65.0 Å². The normalized spacial score (nSPS) is 32.6. The number of nitrogens with two attached hydrogens (primary N) is 1. The van der Waals surface area contributed by atoms with Gasteiger partial charge in [0.05, 0.1) is 0 Å². The van der Waals surface area contributed by atoms with Gasteiger partial charge in [0.2, 0.25) is 0 Å². The van der Waals surface area contributed by atoms with Gasteiger partial charge in [-0.25, -0.2) is 0 Å². The van der Waals surface area contributed by atoms with Crippen LogP contribution in [0.2, 0.25) is 0 Å². The van der Waals surface area contributed by atoms with Gasteiger partial charge in [-0.3, -0.25) is 0 Å². The summed E-state index contributed by atoms with van der Waals surface area (Å²) in [4.78, 5) is 0. The van der Waals surface area contributed by atoms with Crippen LogP contribution < -0.4 is 11.1 Å². The van der Waals surface area contributed by atoms with E-state index in [0.29, 0.717) is 6.04 Å². The number of rotatable bonds is 4. The molecule has 0 amide bonds. The molecule has 0 spiro atoms. The van der Waals surface area contributed by atoms with E-state index in [9.17, 15) is 0 Å². The van der Waals surface area contributed by atoms with Gasteiger partial charge in [-0.1, -0.05) is 27.7 Å². The summed E-state index contributed by atoms with van der Waals surface area (Å²) in [6, 6.07) is 0.546. The van der Waals surface area contributed by atoms with Gasteiger partial charge in [0, 0.05) is 18.1 Å². The summed E-state index contributed by atoms with van der Waals surface area (Å²) in [5, 5.41) is 3.68. The zero-order valence-corrected chi connectivity index (χ0v) is 10.8. The quantitative estimate of drug-likeness (QED) is 0.751. The summed E-state index contributed by atoms with van der Waals surface area (Å²) >= 11 is 0. The predicted octanol–water partition coefficient (Wildman–Crippen LogP) is 2.53. The van der Waals surface area contributed by atoms with Crippen molar-refractivity contribution in [3.05, 3.63) is 0 Å². The van der Waals surface area contributed by atoms with Gasteiger partial charge < -0.3 is 11.1 Å². The molecule has 0 radical (unpaired) electrons. The van der Waals surface area contributed by atoms with E-state index in [1.54, 1.807) is 0 Å². The zero-order valence-electron chi connectivity index (χ0n) is 10.8. The highest BCUT2D eigenvalue weighted by Crippen LogP contribution is 2.35. The lowest BCUT2D eigenvalue weighted by Crippen LogP contribution is -2.55. The van der Waals surface area contributed by atoms with Gasteiger partial charge in [-0.2, -0.15) is 0 Å². The van der Waals surface area contributed by atoms with E-state index in [0.717, 1.165) is 18.4 Å². The van der Waals surface area contributed by atoms with E-state index in [1.165, 1.54) is 25.7 Å². The summed E-state index contributed by atoms with van der Waals surface area (Å²) in [6.45, 7) is 9.90. The molecule has 2 nitrogen and oxygen atoms in total. The first-order chi connectivity index (χ1) is 6.99. The summed E-state index contributed by atoms with van der Waals surface area (Å²) in [5.74, 6) is 1.75. The Bertz CT molecular complexity index is 179. The minimum atomic E-state index is 0.236. The Morgan fingerprint density at radius 2 is 1.73 bits per heavy atom. The second kappa shape index (κ2) is 5.31. The van der Waals surface area contributed by atoms with Gasteiger partial charge in [0.1, 0.15) is 0 Å². The lowest BCUT2D eigenvalue weighted by molar-refractivity contribution is 0.157. The molecular formula is C13H28N2. The molecule has 1 aliphatic rings. The van der Waals surface area contributed by atoms with Crippen molar-refractivity contribution in [2.24, 2.45) is 17.6 Å². The topological polar surface area (TPSA) is 38.0 Å². The first-order valence-corrected chi connectivity index (χ1v) is 6.47. The standard InChI is InChI=1S/C13H28N2/c1-10(2)12-5-7-13(9-14,8-6-12)15-11(3)4/h10-12,15H,5-9,14H2,1-4H3.